The summed E-state index contributed by atoms with van der Waals surface area (Å²) >= 11 is 0. The molecule has 0 bridgehead atoms. The summed E-state index contributed by atoms with van der Waals surface area (Å²) in [5, 5.41) is 16.2. The number of nitrogens with two attached hydrogens (primary N) is 1. The van der Waals surface area contributed by atoms with E-state index in [1.807, 2.05) is 11.6 Å². The minimum atomic E-state index is -0.328. The van der Waals surface area contributed by atoms with Crippen molar-refractivity contribution in [3.05, 3.63) is 17.6 Å². The van der Waals surface area contributed by atoms with E-state index < -0.39 is 0 Å². The number of nitrogen functional groups attached to an aromatic ring is 1. The van der Waals surface area contributed by atoms with E-state index in [1.54, 1.807) is 6.20 Å². The SMILES string of the molecule is CCC(CC)n1ncc(C)c1NC(=O)NCc1nc(N)n[nH]1. The molecule has 0 aliphatic heterocycles. The third-order valence-electron chi connectivity index (χ3n) is 3.46. The molecule has 9 nitrogen and oxygen atoms in total. The zero-order valence-electron chi connectivity index (χ0n) is 13.1. The molecule has 22 heavy (non-hydrogen) atoms. The fraction of sp³-hybridized carbons (Fsp3) is 0.538. The number of hydrogen-bond donors (Lipinski definition) is 4. The Morgan fingerprint density at radius 3 is 2.77 bits per heavy atom. The highest BCUT2D eigenvalue weighted by atomic mass is 16.2. The summed E-state index contributed by atoms with van der Waals surface area (Å²) in [6, 6.07) is -0.0659. The lowest BCUT2D eigenvalue weighted by atomic mass is 10.2. The molecule has 0 radical (unpaired) electrons. The lowest BCUT2D eigenvalue weighted by molar-refractivity contribution is 0.251. The quantitative estimate of drug-likeness (QED) is 0.644. The van der Waals surface area contributed by atoms with E-state index in [0.29, 0.717) is 11.6 Å². The minimum Gasteiger partial charge on any atom is -0.367 e. The fourth-order valence-corrected chi connectivity index (χ4v) is 2.22. The molecular formula is C13H22N8O. The van der Waals surface area contributed by atoms with Crippen LogP contribution in [-0.4, -0.2) is 31.0 Å². The number of rotatable bonds is 6. The number of hydrogen-bond acceptors (Lipinski definition) is 5. The molecule has 0 aromatic carbocycles. The highest BCUT2D eigenvalue weighted by Crippen LogP contribution is 2.23. The van der Waals surface area contributed by atoms with E-state index in [9.17, 15) is 4.79 Å². The first-order chi connectivity index (χ1) is 10.5. The summed E-state index contributed by atoms with van der Waals surface area (Å²) in [6.45, 7) is 6.33. The number of urea groups is 1. The molecule has 2 heterocycles. The Kier molecular flexibility index (Phi) is 4.97. The van der Waals surface area contributed by atoms with E-state index in [4.69, 9.17) is 5.73 Å². The van der Waals surface area contributed by atoms with Crippen LogP contribution in [0.1, 0.15) is 44.1 Å². The number of aromatic nitrogens is 5. The number of carbonyl (C=O) groups excluding carboxylic acids is 1. The van der Waals surface area contributed by atoms with Crippen LogP contribution in [0.4, 0.5) is 16.6 Å². The highest BCUT2D eigenvalue weighted by molar-refractivity contribution is 5.88. The third kappa shape index (κ3) is 3.54. The summed E-state index contributed by atoms with van der Waals surface area (Å²) in [5.41, 5.74) is 6.33. The molecule has 0 saturated heterocycles. The van der Waals surface area contributed by atoms with Crippen LogP contribution in [0.3, 0.4) is 0 Å². The number of H-pyrrole nitrogens is 1. The minimum absolute atomic E-state index is 0.153. The first-order valence-corrected chi connectivity index (χ1v) is 7.30. The predicted molar refractivity (Wildman–Crippen MR) is 83.2 cm³/mol. The van der Waals surface area contributed by atoms with Gasteiger partial charge in [-0.25, -0.2) is 9.48 Å². The highest BCUT2D eigenvalue weighted by Gasteiger charge is 2.16. The Hall–Kier alpha value is -2.58. The van der Waals surface area contributed by atoms with Gasteiger partial charge in [-0.15, -0.1) is 5.10 Å². The Labute approximate surface area is 128 Å². The van der Waals surface area contributed by atoms with Crippen molar-refractivity contribution in [1.29, 1.82) is 0 Å². The van der Waals surface area contributed by atoms with Crippen LogP contribution < -0.4 is 16.4 Å². The molecule has 0 spiro atoms. The normalized spacial score (nSPS) is 10.9. The van der Waals surface area contributed by atoms with Gasteiger partial charge in [-0.05, 0) is 19.8 Å². The van der Waals surface area contributed by atoms with E-state index in [1.165, 1.54) is 0 Å². The van der Waals surface area contributed by atoms with Gasteiger partial charge in [-0.2, -0.15) is 10.1 Å². The first kappa shape index (κ1) is 15.8. The van der Waals surface area contributed by atoms with Gasteiger partial charge in [0.15, 0.2) is 0 Å². The molecule has 2 aromatic rings. The zero-order valence-corrected chi connectivity index (χ0v) is 13.1. The van der Waals surface area contributed by atoms with Crippen molar-refractivity contribution in [2.24, 2.45) is 0 Å². The topological polar surface area (TPSA) is 127 Å². The monoisotopic (exact) mass is 306 g/mol. The van der Waals surface area contributed by atoms with Crippen LogP contribution in [0.2, 0.25) is 0 Å². The van der Waals surface area contributed by atoms with Gasteiger partial charge in [-0.3, -0.25) is 10.4 Å². The van der Waals surface area contributed by atoms with Crippen molar-refractivity contribution in [2.75, 3.05) is 11.1 Å². The molecule has 9 heteroatoms. The number of nitrogens with zero attached hydrogens (tertiary/aromatic N) is 4. The van der Waals surface area contributed by atoms with Gasteiger partial charge in [0.25, 0.3) is 0 Å². The molecule has 2 aromatic heterocycles. The maximum atomic E-state index is 12.0. The van der Waals surface area contributed by atoms with E-state index in [0.717, 1.165) is 18.4 Å². The molecule has 5 N–H and O–H groups in total. The van der Waals surface area contributed by atoms with Gasteiger partial charge >= 0.3 is 6.03 Å². The summed E-state index contributed by atoms with van der Waals surface area (Å²) in [6.07, 6.45) is 3.65. The van der Waals surface area contributed by atoms with Gasteiger partial charge < -0.3 is 11.1 Å². The number of aryl methyl sites for hydroxylation is 1. The maximum absolute atomic E-state index is 12.0. The van der Waals surface area contributed by atoms with Gasteiger partial charge in [0.1, 0.15) is 11.6 Å². The first-order valence-electron chi connectivity index (χ1n) is 7.30. The molecule has 0 unspecified atom stereocenters. The number of nitrogens with one attached hydrogen (secondary N) is 3. The average molecular weight is 306 g/mol. The second-order valence-electron chi connectivity index (χ2n) is 5.04. The lowest BCUT2D eigenvalue weighted by Gasteiger charge is -2.17. The van der Waals surface area contributed by atoms with Gasteiger partial charge in [-0.1, -0.05) is 13.8 Å². The second-order valence-corrected chi connectivity index (χ2v) is 5.04. The Morgan fingerprint density at radius 1 is 1.45 bits per heavy atom. The summed E-state index contributed by atoms with van der Waals surface area (Å²) in [4.78, 5) is 16.0. The number of aromatic amines is 1. The molecular weight excluding hydrogens is 284 g/mol. The summed E-state index contributed by atoms with van der Waals surface area (Å²) in [7, 11) is 0. The Morgan fingerprint density at radius 2 is 2.18 bits per heavy atom. The van der Waals surface area contributed by atoms with Crippen LogP contribution >= 0.6 is 0 Å². The number of carbonyl (C=O) groups is 1. The van der Waals surface area contributed by atoms with Crippen molar-refractivity contribution in [3.63, 3.8) is 0 Å². The second kappa shape index (κ2) is 6.92. The fourth-order valence-electron chi connectivity index (χ4n) is 2.22. The maximum Gasteiger partial charge on any atom is 0.320 e. The Balaban J connectivity index is 2.00. The average Bonchev–Trinajstić information content (AvgIpc) is 3.07. The largest absolute Gasteiger partial charge is 0.367 e. The Bertz CT molecular complexity index is 628. The van der Waals surface area contributed by atoms with Crippen LogP contribution in [0, 0.1) is 6.92 Å². The van der Waals surface area contributed by atoms with Crippen LogP contribution in [0.25, 0.3) is 0 Å². The molecule has 0 aliphatic rings. The summed E-state index contributed by atoms with van der Waals surface area (Å²) < 4.78 is 1.86. The number of anilines is 2. The van der Waals surface area contributed by atoms with Gasteiger partial charge in [0, 0.05) is 5.56 Å². The standard InChI is InChI=1S/C13H22N8O/c1-4-9(5-2)21-11(8(3)6-16-21)18-13(22)15-7-10-17-12(14)20-19-10/h6,9H,4-5,7H2,1-3H3,(H2,15,18,22)(H3,14,17,19,20). The van der Waals surface area contributed by atoms with Gasteiger partial charge in [0.2, 0.25) is 5.95 Å². The molecule has 120 valence electrons. The van der Waals surface area contributed by atoms with E-state index >= 15 is 0 Å². The van der Waals surface area contributed by atoms with Crippen molar-refractivity contribution in [3.8, 4) is 0 Å². The smallest absolute Gasteiger partial charge is 0.320 e. The van der Waals surface area contributed by atoms with Crippen molar-refractivity contribution < 1.29 is 4.79 Å². The zero-order chi connectivity index (χ0) is 16.1. The molecule has 2 rings (SSSR count). The van der Waals surface area contributed by atoms with Crippen molar-refractivity contribution in [2.45, 2.75) is 46.2 Å². The van der Waals surface area contributed by atoms with Crippen molar-refractivity contribution >= 4 is 17.8 Å². The van der Waals surface area contributed by atoms with Crippen LogP contribution in [0.15, 0.2) is 6.20 Å². The van der Waals surface area contributed by atoms with E-state index in [-0.39, 0.29) is 24.6 Å². The van der Waals surface area contributed by atoms with E-state index in [2.05, 4.69) is 44.8 Å². The lowest BCUT2D eigenvalue weighted by Crippen LogP contribution is -2.30. The van der Waals surface area contributed by atoms with Crippen molar-refractivity contribution in [1.82, 2.24) is 30.3 Å². The predicted octanol–water partition coefficient (Wildman–Crippen LogP) is 1.57. The molecule has 0 atom stereocenters. The number of amides is 2. The summed E-state index contributed by atoms with van der Waals surface area (Å²) in [5.74, 6) is 1.36. The molecule has 2 amide bonds. The van der Waals surface area contributed by atoms with Crippen LogP contribution in [-0.2, 0) is 6.54 Å². The van der Waals surface area contributed by atoms with Crippen LogP contribution in [0.5, 0.6) is 0 Å². The molecule has 0 aliphatic carbocycles. The third-order valence-corrected chi connectivity index (χ3v) is 3.46. The molecule has 0 saturated carbocycles. The molecule has 0 fully saturated rings. The van der Waals surface area contributed by atoms with Gasteiger partial charge in [0.05, 0.1) is 18.8 Å².